The van der Waals surface area contributed by atoms with Crippen molar-refractivity contribution in [1.29, 1.82) is 0 Å². The maximum atomic E-state index is 6.14. The van der Waals surface area contributed by atoms with Gasteiger partial charge in [-0.15, -0.1) is 0 Å². The minimum absolute atomic E-state index is 0.258. The highest BCUT2D eigenvalue weighted by atomic mass is 35.5. The van der Waals surface area contributed by atoms with Crippen molar-refractivity contribution in [2.24, 2.45) is 0 Å². The first-order valence-electron chi connectivity index (χ1n) is 5.23. The van der Waals surface area contributed by atoms with Gasteiger partial charge in [0.25, 0.3) is 0 Å². The van der Waals surface area contributed by atoms with Crippen molar-refractivity contribution in [3.63, 3.8) is 0 Å². The first-order chi connectivity index (χ1) is 7.16. The van der Waals surface area contributed by atoms with E-state index in [9.17, 15) is 0 Å². The van der Waals surface area contributed by atoms with Gasteiger partial charge in [0.05, 0.1) is 22.9 Å². The molecule has 0 N–H and O–H groups in total. The Morgan fingerprint density at radius 3 is 2.67 bits per heavy atom. The normalized spacial score (nSPS) is 26.7. The highest BCUT2D eigenvalue weighted by Crippen LogP contribution is 2.27. The van der Waals surface area contributed by atoms with Crippen LogP contribution in [0.1, 0.15) is 13.8 Å². The molecular weight excluding hydrogens is 210 g/mol. The zero-order valence-corrected chi connectivity index (χ0v) is 9.79. The zero-order chi connectivity index (χ0) is 10.8. The predicted octanol–water partition coefficient (Wildman–Crippen LogP) is 2.75. The Labute approximate surface area is 95.8 Å². The fraction of sp³-hybridized carbons (Fsp3) is 0.500. The number of morpholine rings is 1. The van der Waals surface area contributed by atoms with Crippen molar-refractivity contribution >= 4 is 17.3 Å². The lowest BCUT2D eigenvalue weighted by atomic mass is 10.2. The molecule has 15 heavy (non-hydrogen) atoms. The number of ether oxygens (including phenoxy) is 1. The molecule has 2 atom stereocenters. The van der Waals surface area contributed by atoms with E-state index < -0.39 is 0 Å². The van der Waals surface area contributed by atoms with Crippen LogP contribution in [-0.4, -0.2) is 25.3 Å². The summed E-state index contributed by atoms with van der Waals surface area (Å²) in [7, 11) is 0. The van der Waals surface area contributed by atoms with Crippen LogP contribution in [0, 0.1) is 6.07 Å². The van der Waals surface area contributed by atoms with Gasteiger partial charge in [-0.3, -0.25) is 0 Å². The van der Waals surface area contributed by atoms with Crippen molar-refractivity contribution < 1.29 is 4.74 Å². The van der Waals surface area contributed by atoms with Gasteiger partial charge in [0.1, 0.15) is 0 Å². The maximum Gasteiger partial charge on any atom is 0.0726 e. The van der Waals surface area contributed by atoms with Gasteiger partial charge >= 0.3 is 0 Å². The summed E-state index contributed by atoms with van der Waals surface area (Å²) in [6.07, 6.45) is 0.517. The second-order valence-electron chi connectivity index (χ2n) is 4.04. The molecule has 1 aliphatic rings. The maximum absolute atomic E-state index is 6.14. The third-order valence-corrected chi connectivity index (χ3v) is 2.86. The summed E-state index contributed by atoms with van der Waals surface area (Å²) in [5, 5.41) is 0.763. The van der Waals surface area contributed by atoms with E-state index in [2.05, 4.69) is 24.8 Å². The summed E-state index contributed by atoms with van der Waals surface area (Å²) in [5.41, 5.74) is 1.08. The molecular formula is C12H15ClNO. The molecule has 1 aliphatic heterocycles. The van der Waals surface area contributed by atoms with E-state index in [1.54, 1.807) is 0 Å². The SMILES string of the molecule is CC1CN(c2cc[c]cc2Cl)CC(C)O1. The summed E-state index contributed by atoms with van der Waals surface area (Å²) in [6.45, 7) is 5.97. The quantitative estimate of drug-likeness (QED) is 0.728. The molecule has 1 radical (unpaired) electrons. The van der Waals surface area contributed by atoms with Gasteiger partial charge in [-0.25, -0.2) is 0 Å². The molecule has 1 aromatic rings. The Morgan fingerprint density at radius 1 is 1.40 bits per heavy atom. The summed E-state index contributed by atoms with van der Waals surface area (Å²) >= 11 is 6.14. The number of hydrogen-bond acceptors (Lipinski definition) is 2. The van der Waals surface area contributed by atoms with Gasteiger partial charge < -0.3 is 9.64 Å². The van der Waals surface area contributed by atoms with Crippen LogP contribution in [0.4, 0.5) is 5.69 Å². The van der Waals surface area contributed by atoms with Crippen LogP contribution in [-0.2, 0) is 4.74 Å². The van der Waals surface area contributed by atoms with Gasteiger partial charge in [-0.2, -0.15) is 0 Å². The van der Waals surface area contributed by atoms with Crippen molar-refractivity contribution in [2.75, 3.05) is 18.0 Å². The van der Waals surface area contributed by atoms with Gasteiger partial charge in [0, 0.05) is 13.1 Å². The molecule has 2 nitrogen and oxygen atoms in total. The predicted molar refractivity (Wildman–Crippen MR) is 62.5 cm³/mol. The van der Waals surface area contributed by atoms with E-state index in [1.807, 2.05) is 18.2 Å². The fourth-order valence-electron chi connectivity index (χ4n) is 2.03. The Morgan fingerprint density at radius 2 is 2.07 bits per heavy atom. The van der Waals surface area contributed by atoms with Crippen molar-refractivity contribution in [3.05, 3.63) is 29.3 Å². The molecule has 1 heterocycles. The van der Waals surface area contributed by atoms with Crippen LogP contribution in [0.2, 0.25) is 5.02 Å². The molecule has 81 valence electrons. The van der Waals surface area contributed by atoms with Crippen LogP contribution >= 0.6 is 11.6 Å². The number of benzene rings is 1. The Hall–Kier alpha value is -0.730. The van der Waals surface area contributed by atoms with E-state index in [0.29, 0.717) is 0 Å². The number of rotatable bonds is 1. The van der Waals surface area contributed by atoms with E-state index >= 15 is 0 Å². The molecule has 1 aromatic carbocycles. The second-order valence-corrected chi connectivity index (χ2v) is 4.45. The van der Waals surface area contributed by atoms with Crippen LogP contribution in [0.25, 0.3) is 0 Å². The molecule has 1 saturated heterocycles. The minimum atomic E-state index is 0.258. The monoisotopic (exact) mass is 224 g/mol. The second kappa shape index (κ2) is 4.42. The van der Waals surface area contributed by atoms with Crippen LogP contribution in [0.5, 0.6) is 0 Å². The van der Waals surface area contributed by atoms with Crippen molar-refractivity contribution in [3.8, 4) is 0 Å². The Balaban J connectivity index is 2.20. The lowest BCUT2D eigenvalue weighted by Crippen LogP contribution is -2.45. The van der Waals surface area contributed by atoms with Crippen LogP contribution in [0.15, 0.2) is 18.2 Å². The minimum Gasteiger partial charge on any atom is -0.372 e. The van der Waals surface area contributed by atoms with Crippen molar-refractivity contribution in [2.45, 2.75) is 26.1 Å². The molecule has 2 unspecified atom stereocenters. The van der Waals surface area contributed by atoms with Crippen LogP contribution in [0.3, 0.4) is 0 Å². The number of hydrogen-bond donors (Lipinski definition) is 0. The summed E-state index contributed by atoms with van der Waals surface area (Å²) in [4.78, 5) is 2.27. The first kappa shape index (κ1) is 10.8. The largest absolute Gasteiger partial charge is 0.372 e. The highest BCUT2D eigenvalue weighted by Gasteiger charge is 2.23. The van der Waals surface area contributed by atoms with E-state index in [4.69, 9.17) is 16.3 Å². The average molecular weight is 225 g/mol. The van der Waals surface area contributed by atoms with Crippen molar-refractivity contribution in [1.82, 2.24) is 0 Å². The van der Waals surface area contributed by atoms with E-state index in [0.717, 1.165) is 23.8 Å². The highest BCUT2D eigenvalue weighted by molar-refractivity contribution is 6.33. The molecule has 1 fully saturated rings. The summed E-state index contributed by atoms with van der Waals surface area (Å²) < 4.78 is 5.69. The van der Waals surface area contributed by atoms with Gasteiger partial charge in [-0.05, 0) is 32.0 Å². The Kier molecular flexibility index (Phi) is 3.17. The first-order valence-corrected chi connectivity index (χ1v) is 5.60. The standard InChI is InChI=1S/C12H15ClNO/c1-9-7-14(8-10(2)15-9)12-6-4-3-5-11(12)13/h4-6,9-10H,7-8H2,1-2H3. The smallest absolute Gasteiger partial charge is 0.0726 e. The molecule has 0 bridgehead atoms. The lowest BCUT2D eigenvalue weighted by Gasteiger charge is -2.37. The molecule has 2 rings (SSSR count). The summed E-state index contributed by atoms with van der Waals surface area (Å²) in [5.74, 6) is 0. The number of nitrogens with zero attached hydrogens (tertiary/aromatic N) is 1. The number of anilines is 1. The van der Waals surface area contributed by atoms with E-state index in [1.165, 1.54) is 0 Å². The molecule has 0 amide bonds. The van der Waals surface area contributed by atoms with Gasteiger partial charge in [0.15, 0.2) is 0 Å². The molecule has 0 spiro atoms. The van der Waals surface area contributed by atoms with Gasteiger partial charge in [-0.1, -0.05) is 17.7 Å². The molecule has 0 saturated carbocycles. The Bertz CT molecular complexity index is 332. The third kappa shape index (κ3) is 2.44. The van der Waals surface area contributed by atoms with E-state index in [-0.39, 0.29) is 12.2 Å². The van der Waals surface area contributed by atoms with Gasteiger partial charge in [0.2, 0.25) is 0 Å². The summed E-state index contributed by atoms with van der Waals surface area (Å²) in [6, 6.07) is 8.68. The van der Waals surface area contributed by atoms with Crippen LogP contribution < -0.4 is 4.90 Å². The number of halogens is 1. The average Bonchev–Trinajstić information content (AvgIpc) is 2.16. The lowest BCUT2D eigenvalue weighted by molar-refractivity contribution is -0.00520. The topological polar surface area (TPSA) is 12.5 Å². The molecule has 0 aliphatic carbocycles. The third-order valence-electron chi connectivity index (χ3n) is 2.55. The zero-order valence-electron chi connectivity index (χ0n) is 9.03. The fourth-order valence-corrected chi connectivity index (χ4v) is 2.28. The molecule has 3 heteroatoms. The molecule has 0 aromatic heterocycles.